The zero-order valence-electron chi connectivity index (χ0n) is 11.7. The number of methoxy groups -OCH3 is 1. The largest absolute Gasteiger partial charge is 0.497 e. The molecule has 0 N–H and O–H groups in total. The molecule has 0 saturated carbocycles. The molecule has 0 amide bonds. The van der Waals surface area contributed by atoms with Crippen molar-refractivity contribution in [3.8, 4) is 5.75 Å². The number of hydrogen-bond acceptors (Lipinski definition) is 3. The molecule has 1 saturated heterocycles. The zero-order valence-corrected chi connectivity index (χ0v) is 13.3. The van der Waals surface area contributed by atoms with E-state index in [0.717, 1.165) is 36.5 Å². The van der Waals surface area contributed by atoms with Crippen LogP contribution in [0.1, 0.15) is 18.4 Å². The Bertz CT molecular complexity index is 405. The molecule has 1 aliphatic rings. The van der Waals surface area contributed by atoms with Gasteiger partial charge in [-0.25, -0.2) is 0 Å². The van der Waals surface area contributed by atoms with Gasteiger partial charge in [0, 0.05) is 24.2 Å². The van der Waals surface area contributed by atoms with E-state index in [1.54, 1.807) is 7.11 Å². The number of halogens is 1. The summed E-state index contributed by atoms with van der Waals surface area (Å²) in [4.78, 5) is 2.36. The molecular formula is C15H22BrNO2. The van der Waals surface area contributed by atoms with Gasteiger partial charge >= 0.3 is 0 Å². The fourth-order valence-electron chi connectivity index (χ4n) is 2.55. The normalized spacial score (nSPS) is 19.7. The topological polar surface area (TPSA) is 21.7 Å². The predicted molar refractivity (Wildman–Crippen MR) is 80.6 cm³/mol. The lowest BCUT2D eigenvalue weighted by atomic mass is 10.0. The molecule has 3 nitrogen and oxygen atoms in total. The van der Waals surface area contributed by atoms with Crippen LogP contribution >= 0.6 is 15.9 Å². The molecule has 1 atom stereocenters. The SMILES string of the molecule is COc1ccc(Br)c(CN(C)CC2CCCOC2)c1. The number of ether oxygens (including phenoxy) is 2. The fourth-order valence-corrected chi connectivity index (χ4v) is 2.92. The standard InChI is InChI=1S/C15H22BrNO2/c1-17(9-12-4-3-7-19-11-12)10-13-8-14(18-2)5-6-15(13)16/h5-6,8,12H,3-4,7,9-11H2,1-2H3. The van der Waals surface area contributed by atoms with Crippen molar-refractivity contribution in [2.24, 2.45) is 5.92 Å². The highest BCUT2D eigenvalue weighted by atomic mass is 79.9. The van der Waals surface area contributed by atoms with Gasteiger partial charge in [-0.15, -0.1) is 0 Å². The number of hydrogen-bond donors (Lipinski definition) is 0. The predicted octanol–water partition coefficient (Wildman–Crippen LogP) is 3.32. The van der Waals surface area contributed by atoms with E-state index < -0.39 is 0 Å². The Balaban J connectivity index is 1.92. The van der Waals surface area contributed by atoms with Crippen LogP contribution in [0.15, 0.2) is 22.7 Å². The van der Waals surface area contributed by atoms with Crippen molar-refractivity contribution in [3.05, 3.63) is 28.2 Å². The van der Waals surface area contributed by atoms with Gasteiger partial charge in [0.25, 0.3) is 0 Å². The van der Waals surface area contributed by atoms with Gasteiger partial charge in [0.1, 0.15) is 5.75 Å². The molecule has 1 aromatic carbocycles. The van der Waals surface area contributed by atoms with Crippen LogP contribution in [0.25, 0.3) is 0 Å². The summed E-state index contributed by atoms with van der Waals surface area (Å²) in [7, 11) is 3.87. The molecule has 1 unspecified atom stereocenters. The second-order valence-electron chi connectivity index (χ2n) is 5.24. The minimum atomic E-state index is 0.670. The van der Waals surface area contributed by atoms with E-state index in [4.69, 9.17) is 9.47 Å². The van der Waals surface area contributed by atoms with Gasteiger partial charge in [-0.1, -0.05) is 15.9 Å². The van der Waals surface area contributed by atoms with Crippen LogP contribution in [0, 0.1) is 5.92 Å². The third-order valence-corrected chi connectivity index (χ3v) is 4.29. The maximum Gasteiger partial charge on any atom is 0.119 e. The molecule has 1 aliphatic heterocycles. The van der Waals surface area contributed by atoms with E-state index in [2.05, 4.69) is 33.9 Å². The van der Waals surface area contributed by atoms with Crippen molar-refractivity contribution in [2.45, 2.75) is 19.4 Å². The molecule has 106 valence electrons. The third-order valence-electron chi connectivity index (χ3n) is 3.52. The van der Waals surface area contributed by atoms with Gasteiger partial charge < -0.3 is 14.4 Å². The smallest absolute Gasteiger partial charge is 0.119 e. The minimum absolute atomic E-state index is 0.670. The Kier molecular flexibility index (Phi) is 5.67. The van der Waals surface area contributed by atoms with Crippen LogP contribution in [0.4, 0.5) is 0 Å². The van der Waals surface area contributed by atoms with E-state index in [1.807, 2.05) is 12.1 Å². The summed E-state index contributed by atoms with van der Waals surface area (Å²) < 4.78 is 12.0. The molecule has 1 aromatic rings. The average Bonchev–Trinajstić information content (AvgIpc) is 2.42. The molecular weight excluding hydrogens is 306 g/mol. The second kappa shape index (κ2) is 7.27. The first-order valence-corrected chi connectivity index (χ1v) is 7.57. The van der Waals surface area contributed by atoms with Crippen LogP contribution in [0.3, 0.4) is 0 Å². The van der Waals surface area contributed by atoms with E-state index in [-0.39, 0.29) is 0 Å². The molecule has 0 aliphatic carbocycles. The van der Waals surface area contributed by atoms with Crippen molar-refractivity contribution >= 4 is 15.9 Å². The highest BCUT2D eigenvalue weighted by Gasteiger charge is 2.16. The molecule has 0 aromatic heterocycles. The van der Waals surface area contributed by atoms with Crippen molar-refractivity contribution in [1.29, 1.82) is 0 Å². The molecule has 2 rings (SSSR count). The summed E-state index contributed by atoms with van der Waals surface area (Å²) >= 11 is 3.61. The van der Waals surface area contributed by atoms with Gasteiger partial charge in [-0.2, -0.15) is 0 Å². The first-order chi connectivity index (χ1) is 9.19. The van der Waals surface area contributed by atoms with Crippen LogP contribution in [0.2, 0.25) is 0 Å². The Morgan fingerprint density at radius 2 is 2.32 bits per heavy atom. The summed E-state index contributed by atoms with van der Waals surface area (Å²) in [5, 5.41) is 0. The van der Waals surface area contributed by atoms with Gasteiger partial charge in [-0.05, 0) is 49.6 Å². The molecule has 19 heavy (non-hydrogen) atoms. The highest BCUT2D eigenvalue weighted by Crippen LogP contribution is 2.24. The van der Waals surface area contributed by atoms with Crippen molar-refractivity contribution < 1.29 is 9.47 Å². The van der Waals surface area contributed by atoms with E-state index in [0.29, 0.717) is 5.92 Å². The van der Waals surface area contributed by atoms with E-state index in [1.165, 1.54) is 18.4 Å². The number of rotatable bonds is 5. The zero-order chi connectivity index (χ0) is 13.7. The quantitative estimate of drug-likeness (QED) is 0.828. The fraction of sp³-hybridized carbons (Fsp3) is 0.600. The molecule has 1 fully saturated rings. The van der Waals surface area contributed by atoms with Crippen LogP contribution in [-0.4, -0.2) is 38.8 Å². The maximum atomic E-state index is 5.54. The summed E-state index contributed by atoms with van der Waals surface area (Å²) in [5.41, 5.74) is 1.26. The molecule has 0 radical (unpaired) electrons. The minimum Gasteiger partial charge on any atom is -0.497 e. The Morgan fingerprint density at radius 1 is 1.47 bits per heavy atom. The maximum absolute atomic E-state index is 5.54. The molecule has 0 spiro atoms. The van der Waals surface area contributed by atoms with Crippen LogP contribution in [0.5, 0.6) is 5.75 Å². The lowest BCUT2D eigenvalue weighted by Gasteiger charge is -2.27. The second-order valence-corrected chi connectivity index (χ2v) is 6.09. The third kappa shape index (κ3) is 4.48. The van der Waals surface area contributed by atoms with Crippen LogP contribution < -0.4 is 4.74 Å². The van der Waals surface area contributed by atoms with Crippen molar-refractivity contribution in [1.82, 2.24) is 4.90 Å². The molecule has 4 heteroatoms. The summed E-state index contributed by atoms with van der Waals surface area (Å²) in [6, 6.07) is 6.12. The Hall–Kier alpha value is -0.580. The molecule has 0 bridgehead atoms. The lowest BCUT2D eigenvalue weighted by molar-refractivity contribution is 0.0411. The Labute approximate surface area is 124 Å². The number of nitrogens with zero attached hydrogens (tertiary/aromatic N) is 1. The van der Waals surface area contributed by atoms with Gasteiger partial charge in [-0.3, -0.25) is 0 Å². The highest BCUT2D eigenvalue weighted by molar-refractivity contribution is 9.10. The average molecular weight is 328 g/mol. The lowest BCUT2D eigenvalue weighted by Crippen LogP contribution is -2.30. The number of benzene rings is 1. The van der Waals surface area contributed by atoms with E-state index in [9.17, 15) is 0 Å². The van der Waals surface area contributed by atoms with Gasteiger partial charge in [0.15, 0.2) is 0 Å². The Morgan fingerprint density at radius 3 is 3.00 bits per heavy atom. The monoisotopic (exact) mass is 327 g/mol. The summed E-state index contributed by atoms with van der Waals surface area (Å²) in [5.74, 6) is 1.58. The first kappa shape index (κ1) is 14.8. The van der Waals surface area contributed by atoms with Crippen LogP contribution in [-0.2, 0) is 11.3 Å². The van der Waals surface area contributed by atoms with Gasteiger partial charge in [0.2, 0.25) is 0 Å². The van der Waals surface area contributed by atoms with Crippen molar-refractivity contribution in [2.75, 3.05) is 33.9 Å². The summed E-state index contributed by atoms with van der Waals surface area (Å²) in [6.07, 6.45) is 2.48. The van der Waals surface area contributed by atoms with E-state index >= 15 is 0 Å². The molecule has 1 heterocycles. The van der Waals surface area contributed by atoms with Gasteiger partial charge in [0.05, 0.1) is 13.7 Å². The first-order valence-electron chi connectivity index (χ1n) is 6.77. The summed E-state index contributed by atoms with van der Waals surface area (Å²) in [6.45, 7) is 3.85. The van der Waals surface area contributed by atoms with Crippen molar-refractivity contribution in [3.63, 3.8) is 0 Å².